The number of halogens is 4. The predicted molar refractivity (Wildman–Crippen MR) is 115 cm³/mol. The van der Waals surface area contributed by atoms with Crippen molar-refractivity contribution >= 4 is 17.0 Å². The summed E-state index contributed by atoms with van der Waals surface area (Å²) >= 11 is 0. The van der Waals surface area contributed by atoms with Gasteiger partial charge in [0.15, 0.2) is 23.2 Å². The molecule has 0 amide bonds. The van der Waals surface area contributed by atoms with Crippen LogP contribution in [0.2, 0.25) is 0 Å². The normalized spacial score (nSPS) is 28.7. The third kappa shape index (κ3) is 4.54. The average Bonchev–Trinajstić information content (AvgIpc) is 3.53. The Hall–Kier alpha value is -3.27. The van der Waals surface area contributed by atoms with Crippen molar-refractivity contribution in [3.63, 3.8) is 0 Å². The lowest BCUT2D eigenvalue weighted by Crippen LogP contribution is -2.31. The Balaban J connectivity index is 1.36. The van der Waals surface area contributed by atoms with Crippen LogP contribution in [0.4, 0.5) is 23.4 Å². The van der Waals surface area contributed by atoms with E-state index in [2.05, 4.69) is 32.1 Å². The first kappa shape index (κ1) is 23.5. The fourth-order valence-electron chi connectivity index (χ4n) is 4.47. The summed E-state index contributed by atoms with van der Waals surface area (Å²) in [5, 5.41) is 24.0. The minimum Gasteiger partial charge on any atom is -0.386 e. The molecule has 0 radical (unpaired) electrons. The Labute approximate surface area is 197 Å². The third-order valence-electron chi connectivity index (χ3n) is 6.33. The molecule has 5 rings (SSSR count). The number of aliphatic hydroxyl groups excluding tert-OH is 2. The van der Waals surface area contributed by atoms with Crippen LogP contribution in [0.3, 0.4) is 0 Å². The van der Waals surface area contributed by atoms with E-state index in [0.29, 0.717) is 6.42 Å². The van der Waals surface area contributed by atoms with Gasteiger partial charge in [-0.2, -0.15) is 13.2 Å². The zero-order valence-electron chi connectivity index (χ0n) is 18.2. The molecule has 1 aliphatic carbocycles. The van der Waals surface area contributed by atoms with Gasteiger partial charge in [0, 0.05) is 6.04 Å². The topological polar surface area (TPSA) is 105 Å². The Morgan fingerprint density at radius 3 is 2.63 bits per heavy atom. The SMILES string of the molecule is O[C@@H]1[C@H](O)[C@@H](C#Cc2ccccc2F)O[C@H]1n1cnc2c(NC3CCC(C(F)(F)F)C3)ncnc21. The Kier molecular flexibility index (Phi) is 6.08. The number of nitrogens with one attached hydrogen (secondary N) is 1. The lowest BCUT2D eigenvalue weighted by Gasteiger charge is -2.17. The van der Waals surface area contributed by atoms with Gasteiger partial charge in [-0.15, -0.1) is 0 Å². The molecule has 0 bridgehead atoms. The van der Waals surface area contributed by atoms with Gasteiger partial charge in [0.2, 0.25) is 0 Å². The summed E-state index contributed by atoms with van der Waals surface area (Å²) in [6.07, 6.45) is -6.32. The molecule has 3 heterocycles. The fraction of sp³-hybridized carbons (Fsp3) is 0.435. The van der Waals surface area contributed by atoms with E-state index in [1.807, 2.05) is 0 Å². The lowest BCUT2D eigenvalue weighted by molar-refractivity contribution is -0.172. The van der Waals surface area contributed by atoms with E-state index in [1.54, 1.807) is 6.07 Å². The van der Waals surface area contributed by atoms with E-state index in [-0.39, 0.29) is 35.4 Å². The van der Waals surface area contributed by atoms with E-state index in [0.717, 1.165) is 0 Å². The number of aliphatic hydroxyl groups is 2. The van der Waals surface area contributed by atoms with Gasteiger partial charge < -0.3 is 20.3 Å². The van der Waals surface area contributed by atoms with Crippen molar-refractivity contribution in [3.8, 4) is 11.8 Å². The van der Waals surface area contributed by atoms with Crippen molar-refractivity contribution in [2.45, 2.75) is 56.0 Å². The summed E-state index contributed by atoms with van der Waals surface area (Å²) in [5.74, 6) is 3.64. The highest BCUT2D eigenvalue weighted by molar-refractivity contribution is 5.82. The average molecular weight is 491 g/mol. The number of aromatic nitrogens is 4. The van der Waals surface area contributed by atoms with Crippen molar-refractivity contribution in [1.29, 1.82) is 0 Å². The lowest BCUT2D eigenvalue weighted by atomic mass is 10.1. The molecule has 6 atom stereocenters. The molecule has 2 fully saturated rings. The zero-order chi connectivity index (χ0) is 24.7. The number of imidazole rings is 1. The zero-order valence-corrected chi connectivity index (χ0v) is 18.2. The summed E-state index contributed by atoms with van der Waals surface area (Å²) in [6.45, 7) is 0. The summed E-state index contributed by atoms with van der Waals surface area (Å²) in [7, 11) is 0. The van der Waals surface area contributed by atoms with Crippen LogP contribution < -0.4 is 5.32 Å². The smallest absolute Gasteiger partial charge is 0.386 e. The maximum Gasteiger partial charge on any atom is 0.391 e. The Morgan fingerprint density at radius 2 is 1.89 bits per heavy atom. The highest BCUT2D eigenvalue weighted by atomic mass is 19.4. The van der Waals surface area contributed by atoms with Crippen LogP contribution in [0, 0.1) is 23.6 Å². The first-order valence-corrected chi connectivity index (χ1v) is 11.0. The van der Waals surface area contributed by atoms with Gasteiger partial charge in [0.1, 0.15) is 30.5 Å². The molecule has 2 aromatic heterocycles. The predicted octanol–water partition coefficient (Wildman–Crippen LogP) is 2.78. The van der Waals surface area contributed by atoms with Crippen LogP contribution in [0.15, 0.2) is 36.9 Å². The molecule has 8 nitrogen and oxygen atoms in total. The first-order valence-electron chi connectivity index (χ1n) is 11.0. The van der Waals surface area contributed by atoms with Crippen LogP contribution in [-0.2, 0) is 4.74 Å². The van der Waals surface area contributed by atoms with Crippen molar-refractivity contribution in [2.24, 2.45) is 5.92 Å². The van der Waals surface area contributed by atoms with Crippen molar-refractivity contribution in [2.75, 3.05) is 5.32 Å². The molecule has 12 heteroatoms. The van der Waals surface area contributed by atoms with Gasteiger partial charge >= 0.3 is 6.18 Å². The Bertz CT molecular complexity index is 1290. The van der Waals surface area contributed by atoms with Crippen molar-refractivity contribution < 1.29 is 32.5 Å². The van der Waals surface area contributed by atoms with E-state index in [9.17, 15) is 27.8 Å². The van der Waals surface area contributed by atoms with Crippen LogP contribution in [0.25, 0.3) is 11.2 Å². The minimum absolute atomic E-state index is 0.0408. The Morgan fingerprint density at radius 1 is 1.09 bits per heavy atom. The quantitative estimate of drug-likeness (QED) is 0.382. The molecule has 1 aromatic carbocycles. The fourth-order valence-corrected chi connectivity index (χ4v) is 4.47. The van der Waals surface area contributed by atoms with Crippen molar-refractivity contribution in [3.05, 3.63) is 48.3 Å². The van der Waals surface area contributed by atoms with Gasteiger partial charge in [-0.25, -0.2) is 19.3 Å². The van der Waals surface area contributed by atoms with E-state index >= 15 is 0 Å². The van der Waals surface area contributed by atoms with Crippen LogP contribution in [0.1, 0.15) is 31.1 Å². The summed E-state index contributed by atoms with van der Waals surface area (Å²) in [6, 6.07) is 5.46. The molecule has 2 aliphatic rings. The molecule has 2 unspecified atom stereocenters. The largest absolute Gasteiger partial charge is 0.391 e. The number of ether oxygens (including phenoxy) is 1. The van der Waals surface area contributed by atoms with Gasteiger partial charge in [-0.3, -0.25) is 4.57 Å². The van der Waals surface area contributed by atoms with Gasteiger partial charge in [-0.05, 0) is 31.4 Å². The number of hydrogen-bond donors (Lipinski definition) is 3. The van der Waals surface area contributed by atoms with Crippen LogP contribution >= 0.6 is 0 Å². The number of nitrogens with zero attached hydrogens (tertiary/aromatic N) is 4. The maximum absolute atomic E-state index is 13.8. The second-order valence-corrected chi connectivity index (χ2v) is 8.62. The van der Waals surface area contributed by atoms with Gasteiger partial charge in [0.25, 0.3) is 0 Å². The summed E-state index contributed by atoms with van der Waals surface area (Å²) < 4.78 is 60.0. The van der Waals surface area contributed by atoms with E-state index in [1.165, 1.54) is 35.4 Å². The molecule has 1 saturated heterocycles. The van der Waals surface area contributed by atoms with E-state index in [4.69, 9.17) is 4.74 Å². The highest BCUT2D eigenvalue weighted by Crippen LogP contribution is 2.40. The number of fused-ring (bicyclic) bond motifs is 1. The van der Waals surface area contributed by atoms with Crippen LogP contribution in [0.5, 0.6) is 0 Å². The second kappa shape index (κ2) is 9.07. The van der Waals surface area contributed by atoms with Gasteiger partial charge in [-0.1, -0.05) is 24.0 Å². The number of rotatable bonds is 3. The maximum atomic E-state index is 13.8. The molecule has 1 saturated carbocycles. The first-order chi connectivity index (χ1) is 16.7. The minimum atomic E-state index is -4.23. The summed E-state index contributed by atoms with van der Waals surface area (Å²) in [4.78, 5) is 12.6. The molecule has 35 heavy (non-hydrogen) atoms. The molecule has 3 N–H and O–H groups in total. The number of anilines is 1. The second-order valence-electron chi connectivity index (χ2n) is 8.62. The number of alkyl halides is 3. The van der Waals surface area contributed by atoms with Crippen LogP contribution in [-0.4, -0.2) is 60.3 Å². The highest BCUT2D eigenvalue weighted by Gasteiger charge is 2.45. The summed E-state index contributed by atoms with van der Waals surface area (Å²) in [5.41, 5.74) is 0.665. The third-order valence-corrected chi connectivity index (χ3v) is 6.33. The molecule has 0 spiro atoms. The number of benzene rings is 1. The van der Waals surface area contributed by atoms with Gasteiger partial charge in [0.05, 0.1) is 17.8 Å². The van der Waals surface area contributed by atoms with Crippen molar-refractivity contribution in [1.82, 2.24) is 19.5 Å². The van der Waals surface area contributed by atoms with E-state index < -0.39 is 48.5 Å². The number of hydrogen-bond acceptors (Lipinski definition) is 7. The molecule has 1 aliphatic heterocycles. The molecule has 184 valence electrons. The molecular formula is C23H21F4N5O3. The molecular weight excluding hydrogens is 470 g/mol. The monoisotopic (exact) mass is 491 g/mol. The standard InChI is InChI=1S/C23H21F4N5O3/c24-15-4-2-1-3-12(15)5-8-16-18(33)19(34)22(35-16)32-11-30-17-20(28-10-29-21(17)32)31-14-7-6-13(9-14)23(25,26)27/h1-4,10-11,13-14,16,18-19,22,33-34H,6-7,9H2,(H,28,29,31)/t13?,14?,16-,18-,19-,22-/m1/s1. The molecule has 3 aromatic rings.